The van der Waals surface area contributed by atoms with E-state index in [1.165, 1.54) is 30.6 Å². The lowest BCUT2D eigenvalue weighted by atomic mass is 9.82. The Kier molecular flexibility index (Phi) is 5.61. The highest BCUT2D eigenvalue weighted by molar-refractivity contribution is 7.11. The van der Waals surface area contributed by atoms with Crippen LogP contribution in [0.2, 0.25) is 0 Å². The van der Waals surface area contributed by atoms with Crippen molar-refractivity contribution in [2.75, 3.05) is 26.7 Å². The molecule has 3 heterocycles. The van der Waals surface area contributed by atoms with Crippen molar-refractivity contribution >= 4 is 23.1 Å². The number of methoxy groups -OCH3 is 1. The number of hydrogen-bond acceptors (Lipinski definition) is 7. The van der Waals surface area contributed by atoms with Gasteiger partial charge in [-0.2, -0.15) is 0 Å². The lowest BCUT2D eigenvalue weighted by Gasteiger charge is -2.35. The number of hydrogen-bond donors (Lipinski definition) is 1. The molecule has 1 atom stereocenters. The second-order valence-electron chi connectivity index (χ2n) is 7.66. The molecule has 2 aromatic rings. The van der Waals surface area contributed by atoms with Crippen LogP contribution in [-0.2, 0) is 15.1 Å². The number of carbonyl (C=O) groups excluding carboxylic acids is 1. The molecule has 1 N–H and O–H groups in total. The van der Waals surface area contributed by atoms with Crippen LogP contribution in [0, 0.1) is 5.82 Å². The van der Waals surface area contributed by atoms with Gasteiger partial charge in [-0.3, -0.25) is 4.90 Å². The number of thiazole rings is 1. The van der Waals surface area contributed by atoms with Crippen LogP contribution in [0.1, 0.15) is 23.9 Å². The van der Waals surface area contributed by atoms with Gasteiger partial charge in [-0.15, -0.1) is 11.3 Å². The zero-order chi connectivity index (χ0) is 22.2. The second kappa shape index (κ2) is 8.08. The third kappa shape index (κ3) is 4.22. The lowest BCUT2D eigenvalue weighted by Crippen LogP contribution is -2.44. The number of carbonyl (C=O) groups is 1. The van der Waals surface area contributed by atoms with Crippen molar-refractivity contribution in [1.82, 2.24) is 15.2 Å². The van der Waals surface area contributed by atoms with Gasteiger partial charge in [0.15, 0.2) is 10.8 Å². The van der Waals surface area contributed by atoms with Gasteiger partial charge >= 0.3 is 5.97 Å². The maximum absolute atomic E-state index is 13.8. The van der Waals surface area contributed by atoms with Crippen LogP contribution in [0.25, 0.3) is 0 Å². The number of rotatable bonds is 5. The predicted octanol–water partition coefficient (Wildman–Crippen LogP) is 3.32. The van der Waals surface area contributed by atoms with Gasteiger partial charge in [0.05, 0.1) is 19.2 Å². The molecule has 0 bridgehead atoms. The van der Waals surface area contributed by atoms with Gasteiger partial charge in [-0.1, -0.05) is 12.1 Å². The Morgan fingerprint density at radius 2 is 2.06 bits per heavy atom. The van der Waals surface area contributed by atoms with E-state index in [4.69, 9.17) is 9.73 Å². The van der Waals surface area contributed by atoms with E-state index in [-0.39, 0.29) is 25.1 Å². The maximum atomic E-state index is 13.8. The molecule has 2 aliphatic rings. The third-order valence-corrected chi connectivity index (χ3v) is 6.23. The molecule has 1 fully saturated rings. The topological polar surface area (TPSA) is 66.8 Å². The van der Waals surface area contributed by atoms with E-state index in [1.54, 1.807) is 35.5 Å². The fourth-order valence-electron chi connectivity index (χ4n) is 3.94. The average molecular weight is 450 g/mol. The molecule has 1 aromatic heterocycles. The first-order valence-electron chi connectivity index (χ1n) is 9.67. The summed E-state index contributed by atoms with van der Waals surface area (Å²) in [4.78, 5) is 23.5. The van der Waals surface area contributed by atoms with Crippen LogP contribution >= 0.6 is 11.3 Å². The molecule has 0 amide bonds. The molecule has 1 unspecified atom stereocenters. The van der Waals surface area contributed by atoms with Gasteiger partial charge in [0.25, 0.3) is 5.92 Å². The summed E-state index contributed by atoms with van der Waals surface area (Å²) in [5.74, 6) is -3.42. The minimum absolute atomic E-state index is 0.0845. The molecule has 164 valence electrons. The highest BCUT2D eigenvalue weighted by atomic mass is 32.1. The first kappa shape index (κ1) is 21.5. The van der Waals surface area contributed by atoms with Crippen LogP contribution in [0.4, 0.5) is 13.2 Å². The number of esters is 1. The van der Waals surface area contributed by atoms with Crippen molar-refractivity contribution in [3.63, 3.8) is 0 Å². The zero-order valence-corrected chi connectivity index (χ0v) is 17.8. The molecule has 1 aromatic carbocycles. The molecular formula is C21H21F3N4O2S. The summed E-state index contributed by atoms with van der Waals surface area (Å²) in [6.07, 6.45) is 1.39. The number of nitrogens with zero attached hydrogens (tertiary/aromatic N) is 3. The Labute approximate surface area is 181 Å². The van der Waals surface area contributed by atoms with E-state index in [2.05, 4.69) is 10.3 Å². The van der Waals surface area contributed by atoms with E-state index in [0.717, 1.165) is 0 Å². The number of ether oxygens (including phenoxy) is 1. The summed E-state index contributed by atoms with van der Waals surface area (Å²) in [5.41, 5.74) is -0.0623. The van der Waals surface area contributed by atoms with Crippen molar-refractivity contribution in [2.24, 2.45) is 4.99 Å². The first-order chi connectivity index (χ1) is 14.7. The number of halogens is 3. The minimum atomic E-state index is -2.77. The summed E-state index contributed by atoms with van der Waals surface area (Å²) in [6.45, 7) is 1.61. The number of alkyl halides is 2. The molecule has 0 aliphatic carbocycles. The minimum Gasteiger partial charge on any atom is -0.466 e. The monoisotopic (exact) mass is 450 g/mol. The molecule has 0 radical (unpaired) electrons. The van der Waals surface area contributed by atoms with Crippen LogP contribution in [0.3, 0.4) is 0 Å². The van der Waals surface area contributed by atoms with Crippen molar-refractivity contribution in [3.8, 4) is 0 Å². The largest absolute Gasteiger partial charge is 0.466 e. The van der Waals surface area contributed by atoms with E-state index >= 15 is 0 Å². The van der Waals surface area contributed by atoms with Crippen LogP contribution in [0.5, 0.6) is 0 Å². The fraction of sp³-hybridized carbons (Fsp3) is 0.381. The number of benzene rings is 1. The van der Waals surface area contributed by atoms with Gasteiger partial charge in [-0.25, -0.2) is 27.9 Å². The Morgan fingerprint density at radius 1 is 1.32 bits per heavy atom. The molecule has 4 rings (SSSR count). The summed E-state index contributed by atoms with van der Waals surface area (Å²) < 4.78 is 46.2. The predicted molar refractivity (Wildman–Crippen MR) is 111 cm³/mol. The molecule has 10 heteroatoms. The Morgan fingerprint density at radius 3 is 2.65 bits per heavy atom. The quantitative estimate of drug-likeness (QED) is 0.708. The smallest absolute Gasteiger partial charge is 0.338 e. The van der Waals surface area contributed by atoms with Gasteiger partial charge in [0, 0.05) is 36.8 Å². The van der Waals surface area contributed by atoms with Crippen LogP contribution in [0.15, 0.2) is 52.1 Å². The van der Waals surface area contributed by atoms with E-state index in [9.17, 15) is 18.0 Å². The Balaban J connectivity index is 1.84. The van der Waals surface area contributed by atoms with E-state index in [0.29, 0.717) is 22.1 Å². The fourth-order valence-corrected chi connectivity index (χ4v) is 4.52. The molecule has 0 saturated carbocycles. The molecule has 6 nitrogen and oxygen atoms in total. The number of nitrogens with one attached hydrogen (secondary N) is 1. The van der Waals surface area contributed by atoms with Gasteiger partial charge < -0.3 is 10.1 Å². The third-order valence-electron chi connectivity index (χ3n) is 5.45. The van der Waals surface area contributed by atoms with Crippen molar-refractivity contribution < 1.29 is 22.7 Å². The summed E-state index contributed by atoms with van der Waals surface area (Å²) >= 11 is 1.35. The normalized spacial score (nSPS) is 23.5. The second-order valence-corrected chi connectivity index (χ2v) is 8.56. The van der Waals surface area contributed by atoms with Crippen LogP contribution in [-0.4, -0.2) is 54.4 Å². The summed E-state index contributed by atoms with van der Waals surface area (Å²) in [5, 5.41) is 5.50. The number of aliphatic imine (C=N–C) groups is 1. The first-order valence-corrected chi connectivity index (χ1v) is 10.5. The number of amidine groups is 1. The zero-order valence-electron chi connectivity index (χ0n) is 17.0. The number of aromatic nitrogens is 1. The van der Waals surface area contributed by atoms with Gasteiger partial charge in [0.1, 0.15) is 11.4 Å². The number of likely N-dealkylation sites (tertiary alicyclic amines) is 1. The summed E-state index contributed by atoms with van der Waals surface area (Å²) in [7, 11) is 1.25. The van der Waals surface area contributed by atoms with Gasteiger partial charge in [0.2, 0.25) is 0 Å². The molecule has 0 spiro atoms. The summed E-state index contributed by atoms with van der Waals surface area (Å²) in [6, 6.07) is 5.68. The van der Waals surface area contributed by atoms with Gasteiger partial charge in [-0.05, 0) is 24.6 Å². The Bertz CT molecular complexity index is 1040. The molecule has 2 aliphatic heterocycles. The van der Waals surface area contributed by atoms with Crippen molar-refractivity contribution in [2.45, 2.75) is 24.8 Å². The maximum Gasteiger partial charge on any atom is 0.338 e. The highest BCUT2D eigenvalue weighted by Gasteiger charge is 2.44. The van der Waals surface area contributed by atoms with Crippen LogP contribution < -0.4 is 5.32 Å². The molecule has 31 heavy (non-hydrogen) atoms. The van der Waals surface area contributed by atoms with E-state index in [1.807, 2.05) is 0 Å². The van der Waals surface area contributed by atoms with Crippen molar-refractivity contribution in [1.29, 1.82) is 0 Å². The lowest BCUT2D eigenvalue weighted by molar-refractivity contribution is -0.137. The molecular weight excluding hydrogens is 429 g/mol. The SMILES string of the molecule is COC(=O)C1=C(CN2CCC(F)(F)C2)NC(c2nccs2)=NC1(C)c1ccc(F)cc1. The average Bonchev–Trinajstić information content (AvgIpc) is 3.37. The van der Waals surface area contributed by atoms with E-state index < -0.39 is 29.8 Å². The Hall–Kier alpha value is -2.72. The highest BCUT2D eigenvalue weighted by Crippen LogP contribution is 2.39. The van der Waals surface area contributed by atoms with Crippen molar-refractivity contribution in [3.05, 3.63) is 63.5 Å². The standard InChI is InChI=1S/C21H21F3N4O2S/c1-20(13-3-5-14(22)6-4-13)16(19(29)30-2)15(11-28-9-7-21(23,24)12-28)26-17(27-20)18-25-8-10-31-18/h3-6,8,10H,7,9,11-12H2,1-2H3,(H,26,27). The molecule has 1 saturated heterocycles.